The Morgan fingerprint density at radius 3 is 2.71 bits per heavy atom. The Balaban J connectivity index is 1.38. The molecular weight excluding hydrogens is 466 g/mol. The Morgan fingerprint density at radius 2 is 1.97 bits per heavy atom. The van der Waals surface area contributed by atoms with E-state index in [-0.39, 0.29) is 0 Å². The van der Waals surface area contributed by atoms with E-state index in [0.29, 0.717) is 50.1 Å². The van der Waals surface area contributed by atoms with Crippen molar-refractivity contribution in [2.24, 2.45) is 5.41 Å². The quantitative estimate of drug-likeness (QED) is 0.444. The molecule has 9 heteroatoms. The number of nitrogens with one attached hydrogen (secondary N) is 2. The summed E-state index contributed by atoms with van der Waals surface area (Å²) in [6.07, 6.45) is 7.53. The van der Waals surface area contributed by atoms with Gasteiger partial charge in [0.05, 0.1) is 41.5 Å². The molecule has 2 aliphatic rings. The number of methoxy groups -OCH3 is 1. The highest BCUT2D eigenvalue weighted by molar-refractivity contribution is 6.33. The van der Waals surface area contributed by atoms with Gasteiger partial charge in [-0.15, -0.1) is 0 Å². The summed E-state index contributed by atoms with van der Waals surface area (Å²) in [7, 11) is 1.69. The van der Waals surface area contributed by atoms with Gasteiger partial charge in [0.25, 0.3) is 0 Å². The molecule has 4 rings (SSSR count). The third kappa shape index (κ3) is 7.05. The summed E-state index contributed by atoms with van der Waals surface area (Å²) < 4.78 is 16.4. The fourth-order valence-corrected chi connectivity index (χ4v) is 4.83. The molecule has 1 saturated carbocycles. The van der Waals surface area contributed by atoms with Gasteiger partial charge in [-0.3, -0.25) is 0 Å². The third-order valence-corrected chi connectivity index (χ3v) is 7.14. The predicted octanol–water partition coefficient (Wildman–Crippen LogP) is 4.92. The van der Waals surface area contributed by atoms with Crippen molar-refractivity contribution < 1.29 is 14.2 Å². The Labute approximate surface area is 212 Å². The van der Waals surface area contributed by atoms with Crippen LogP contribution in [0.15, 0.2) is 30.5 Å². The molecule has 0 spiro atoms. The van der Waals surface area contributed by atoms with Crippen molar-refractivity contribution in [1.82, 2.24) is 9.97 Å². The van der Waals surface area contributed by atoms with Crippen molar-refractivity contribution in [2.45, 2.75) is 50.7 Å². The molecule has 0 bridgehead atoms. The second-order valence-corrected chi connectivity index (χ2v) is 9.70. The van der Waals surface area contributed by atoms with Gasteiger partial charge in [0.2, 0.25) is 0 Å². The summed E-state index contributed by atoms with van der Waals surface area (Å²) in [6, 6.07) is 10.6. The Morgan fingerprint density at radius 1 is 1.17 bits per heavy atom. The van der Waals surface area contributed by atoms with E-state index in [1.807, 2.05) is 24.3 Å². The van der Waals surface area contributed by atoms with Crippen LogP contribution in [0.3, 0.4) is 0 Å². The van der Waals surface area contributed by atoms with E-state index in [9.17, 15) is 5.26 Å². The molecule has 35 heavy (non-hydrogen) atoms. The molecule has 0 radical (unpaired) electrons. The van der Waals surface area contributed by atoms with Crippen LogP contribution in [0.1, 0.15) is 38.5 Å². The molecule has 0 unspecified atom stereocenters. The number of rotatable bonds is 10. The minimum atomic E-state index is -0.421. The number of pyridine rings is 2. The van der Waals surface area contributed by atoms with Crippen LogP contribution < -0.4 is 10.6 Å². The summed E-state index contributed by atoms with van der Waals surface area (Å²) in [5, 5.41) is 17.2. The molecular formula is C26H34ClN5O3. The molecule has 188 valence electrons. The van der Waals surface area contributed by atoms with Crippen LogP contribution in [0.5, 0.6) is 0 Å². The van der Waals surface area contributed by atoms with E-state index in [2.05, 4.69) is 21.7 Å². The highest BCUT2D eigenvalue weighted by Gasteiger charge is 2.32. The lowest BCUT2D eigenvalue weighted by atomic mass is 9.82. The van der Waals surface area contributed by atoms with E-state index >= 15 is 0 Å². The first kappa shape index (κ1) is 25.6. The summed E-state index contributed by atoms with van der Waals surface area (Å²) in [5.41, 5.74) is 1.17. The average molecular weight is 500 g/mol. The number of anilines is 2. The van der Waals surface area contributed by atoms with Crippen LogP contribution in [0.25, 0.3) is 11.3 Å². The number of hydrogen-bond acceptors (Lipinski definition) is 8. The SMILES string of the molecule is COCCO[C@H]1CC[C@H](Nc2cc(-c3cccc(NCC4(C#N)CCOCC4)n3)c(Cl)cn2)CC1. The van der Waals surface area contributed by atoms with Crippen LogP contribution in [0.4, 0.5) is 11.6 Å². The topological polar surface area (TPSA) is 101 Å². The van der Waals surface area contributed by atoms with Crippen LogP contribution in [-0.4, -0.2) is 62.2 Å². The molecule has 2 aromatic rings. The molecule has 1 aliphatic heterocycles. The van der Waals surface area contributed by atoms with Gasteiger partial charge in [-0.25, -0.2) is 9.97 Å². The molecule has 0 atom stereocenters. The minimum Gasteiger partial charge on any atom is -0.382 e. The molecule has 3 heterocycles. The van der Waals surface area contributed by atoms with Gasteiger partial charge in [-0.2, -0.15) is 5.26 Å². The zero-order valence-corrected chi connectivity index (χ0v) is 21.0. The Hall–Kier alpha value is -2.44. The Bertz CT molecular complexity index is 1000. The van der Waals surface area contributed by atoms with E-state index in [1.165, 1.54) is 0 Å². The van der Waals surface area contributed by atoms with Gasteiger partial charge < -0.3 is 24.8 Å². The molecule has 2 aromatic heterocycles. The van der Waals surface area contributed by atoms with Crippen molar-refractivity contribution >= 4 is 23.2 Å². The summed E-state index contributed by atoms with van der Waals surface area (Å²) in [5.74, 6) is 1.51. The zero-order valence-electron chi connectivity index (χ0n) is 20.3. The molecule has 0 aromatic carbocycles. The van der Waals surface area contributed by atoms with Crippen molar-refractivity contribution in [2.75, 3.05) is 50.7 Å². The molecule has 1 saturated heterocycles. The van der Waals surface area contributed by atoms with Gasteiger partial charge in [0.15, 0.2) is 0 Å². The summed E-state index contributed by atoms with van der Waals surface area (Å²) in [4.78, 5) is 9.26. The van der Waals surface area contributed by atoms with E-state index in [1.54, 1.807) is 13.3 Å². The van der Waals surface area contributed by atoms with E-state index in [0.717, 1.165) is 61.4 Å². The van der Waals surface area contributed by atoms with Crippen molar-refractivity contribution in [3.8, 4) is 17.3 Å². The van der Waals surface area contributed by atoms with Gasteiger partial charge in [0, 0.05) is 44.7 Å². The van der Waals surface area contributed by atoms with Crippen LogP contribution in [-0.2, 0) is 14.2 Å². The Kier molecular flexibility index (Phi) is 9.16. The largest absolute Gasteiger partial charge is 0.382 e. The zero-order chi connectivity index (χ0) is 24.5. The predicted molar refractivity (Wildman–Crippen MR) is 137 cm³/mol. The van der Waals surface area contributed by atoms with Crippen LogP contribution in [0, 0.1) is 16.7 Å². The first-order valence-corrected chi connectivity index (χ1v) is 12.7. The second-order valence-electron chi connectivity index (χ2n) is 9.30. The maximum Gasteiger partial charge on any atom is 0.126 e. The lowest BCUT2D eigenvalue weighted by Crippen LogP contribution is -2.34. The highest BCUT2D eigenvalue weighted by atomic mass is 35.5. The molecule has 8 nitrogen and oxygen atoms in total. The first-order chi connectivity index (χ1) is 17.1. The van der Waals surface area contributed by atoms with Gasteiger partial charge in [-0.05, 0) is 56.7 Å². The third-order valence-electron chi connectivity index (χ3n) is 6.84. The number of halogens is 1. The first-order valence-electron chi connectivity index (χ1n) is 12.3. The van der Waals surface area contributed by atoms with Gasteiger partial charge in [0.1, 0.15) is 11.6 Å². The number of hydrogen-bond donors (Lipinski definition) is 2. The maximum atomic E-state index is 9.71. The lowest BCUT2D eigenvalue weighted by molar-refractivity contribution is -0.00156. The summed E-state index contributed by atoms with van der Waals surface area (Å²) >= 11 is 6.51. The number of aromatic nitrogens is 2. The van der Waals surface area contributed by atoms with E-state index in [4.69, 9.17) is 30.8 Å². The average Bonchev–Trinajstić information content (AvgIpc) is 2.90. The van der Waals surface area contributed by atoms with Gasteiger partial charge >= 0.3 is 0 Å². The molecule has 1 aliphatic carbocycles. The van der Waals surface area contributed by atoms with Crippen molar-refractivity contribution in [3.63, 3.8) is 0 Å². The van der Waals surface area contributed by atoms with Crippen LogP contribution >= 0.6 is 11.6 Å². The smallest absolute Gasteiger partial charge is 0.126 e. The van der Waals surface area contributed by atoms with Gasteiger partial charge in [-0.1, -0.05) is 17.7 Å². The highest BCUT2D eigenvalue weighted by Crippen LogP contribution is 2.32. The van der Waals surface area contributed by atoms with E-state index < -0.39 is 5.41 Å². The molecule has 2 fully saturated rings. The number of ether oxygens (including phenoxy) is 3. The minimum absolute atomic E-state index is 0.303. The van der Waals surface area contributed by atoms with Crippen molar-refractivity contribution in [1.29, 1.82) is 5.26 Å². The summed E-state index contributed by atoms with van der Waals surface area (Å²) in [6.45, 7) is 3.06. The van der Waals surface area contributed by atoms with Crippen LogP contribution in [0.2, 0.25) is 5.02 Å². The monoisotopic (exact) mass is 499 g/mol. The second kappa shape index (κ2) is 12.5. The molecule has 2 N–H and O–H groups in total. The number of nitrogens with zero attached hydrogens (tertiary/aromatic N) is 3. The fraction of sp³-hybridized carbons (Fsp3) is 0.577. The van der Waals surface area contributed by atoms with Crippen molar-refractivity contribution in [3.05, 3.63) is 35.5 Å². The normalized spacial score (nSPS) is 21.7. The molecule has 0 amide bonds. The lowest BCUT2D eigenvalue weighted by Gasteiger charge is -2.30. The maximum absolute atomic E-state index is 9.71. The standard InChI is InChI=1S/C26H34ClN5O3/c1-33-13-14-35-20-7-5-19(6-8-20)31-25-15-21(22(27)16-29-25)23-3-2-4-24(32-23)30-18-26(17-28)9-11-34-12-10-26/h2-4,15-16,19-20H,5-14,18H2,1H3,(H,29,31)(H,30,32)/t19-,20-. The fourth-order valence-electron chi connectivity index (χ4n) is 4.63. The number of nitriles is 1.